The fourth-order valence-corrected chi connectivity index (χ4v) is 2.94. The molecule has 0 spiro atoms. The molecule has 1 aliphatic carbocycles. The van der Waals surface area contributed by atoms with E-state index < -0.39 is 0 Å². The van der Waals surface area contributed by atoms with Crippen LogP contribution < -0.4 is 15.4 Å². The Hall–Kier alpha value is -2.64. The van der Waals surface area contributed by atoms with Crippen molar-refractivity contribution in [2.24, 2.45) is 7.05 Å². The van der Waals surface area contributed by atoms with E-state index in [1.54, 1.807) is 17.1 Å². The molecule has 1 saturated carbocycles. The third-order valence-electron chi connectivity index (χ3n) is 4.32. The molecule has 2 aromatic rings. The molecule has 0 saturated heterocycles. The number of pyridine rings is 1. The van der Waals surface area contributed by atoms with Gasteiger partial charge in [0.2, 0.25) is 5.88 Å². The Morgan fingerprint density at radius 3 is 2.84 bits per heavy atom. The summed E-state index contributed by atoms with van der Waals surface area (Å²) in [7, 11) is 1.84. The van der Waals surface area contributed by atoms with E-state index >= 15 is 0 Å². The number of urea groups is 1. The van der Waals surface area contributed by atoms with E-state index in [1.165, 1.54) is 12.8 Å². The first-order chi connectivity index (χ1) is 12.1. The first kappa shape index (κ1) is 17.2. The lowest BCUT2D eigenvalue weighted by molar-refractivity contribution is 0.201. The normalized spacial score (nSPS) is 15.8. The van der Waals surface area contributed by atoms with Crippen LogP contribution in [0.2, 0.25) is 0 Å². The third-order valence-corrected chi connectivity index (χ3v) is 4.32. The minimum Gasteiger partial charge on any atom is -0.474 e. The van der Waals surface area contributed by atoms with Crippen LogP contribution in [0.15, 0.2) is 24.7 Å². The molecular weight excluding hydrogens is 320 g/mol. The van der Waals surface area contributed by atoms with Crippen LogP contribution in [-0.4, -0.2) is 31.9 Å². The first-order valence-electron chi connectivity index (χ1n) is 8.61. The average molecular weight is 344 g/mol. The highest BCUT2D eigenvalue weighted by Crippen LogP contribution is 2.22. The van der Waals surface area contributed by atoms with Crippen molar-refractivity contribution in [1.29, 1.82) is 0 Å². The summed E-state index contributed by atoms with van der Waals surface area (Å²) in [6.07, 6.45) is 8.31. The van der Waals surface area contributed by atoms with Gasteiger partial charge in [0, 0.05) is 25.9 Å². The van der Waals surface area contributed by atoms with E-state index in [9.17, 15) is 4.79 Å². The predicted octanol–water partition coefficient (Wildman–Crippen LogP) is 2.09. The van der Waals surface area contributed by atoms with Crippen molar-refractivity contribution in [3.8, 4) is 5.88 Å². The Balaban J connectivity index is 1.44. The number of ether oxygens (including phenoxy) is 1. The Labute approximate surface area is 147 Å². The maximum atomic E-state index is 12.0. The van der Waals surface area contributed by atoms with E-state index in [1.807, 2.05) is 26.1 Å². The summed E-state index contributed by atoms with van der Waals surface area (Å²) >= 11 is 0. The van der Waals surface area contributed by atoms with Crippen LogP contribution >= 0.6 is 0 Å². The van der Waals surface area contributed by atoms with Crippen LogP contribution in [0, 0.1) is 0 Å². The van der Waals surface area contributed by atoms with Gasteiger partial charge in [-0.15, -0.1) is 10.2 Å². The van der Waals surface area contributed by atoms with Crippen LogP contribution in [0.1, 0.15) is 50.0 Å². The van der Waals surface area contributed by atoms with Crippen molar-refractivity contribution in [3.63, 3.8) is 0 Å². The number of carbonyl (C=O) groups excluding carboxylic acids is 1. The number of nitrogens with zero attached hydrogens (tertiary/aromatic N) is 4. The lowest BCUT2D eigenvalue weighted by atomic mass is 10.3. The van der Waals surface area contributed by atoms with Gasteiger partial charge in [0.05, 0.1) is 6.04 Å². The summed E-state index contributed by atoms with van der Waals surface area (Å²) in [5, 5.41) is 13.4. The molecule has 8 heteroatoms. The SMILES string of the molecule is CC(NC(=O)NCc1ccc(OC2CCCC2)nc1)c1nncn1C. The fraction of sp³-hybridized carbons (Fsp3) is 0.529. The quantitative estimate of drug-likeness (QED) is 0.837. The molecule has 25 heavy (non-hydrogen) atoms. The van der Waals surface area contributed by atoms with Crippen molar-refractivity contribution < 1.29 is 9.53 Å². The second kappa shape index (κ2) is 7.96. The molecule has 2 amide bonds. The minimum atomic E-state index is -0.262. The van der Waals surface area contributed by atoms with Gasteiger partial charge in [-0.1, -0.05) is 6.07 Å². The summed E-state index contributed by atoms with van der Waals surface area (Å²) in [6.45, 7) is 2.26. The van der Waals surface area contributed by atoms with E-state index in [-0.39, 0.29) is 12.1 Å². The maximum Gasteiger partial charge on any atom is 0.315 e. The second-order valence-corrected chi connectivity index (χ2v) is 6.38. The average Bonchev–Trinajstić information content (AvgIpc) is 3.26. The van der Waals surface area contributed by atoms with Crippen LogP contribution in [-0.2, 0) is 13.6 Å². The van der Waals surface area contributed by atoms with Gasteiger partial charge in [-0.25, -0.2) is 9.78 Å². The smallest absolute Gasteiger partial charge is 0.315 e. The number of nitrogens with one attached hydrogen (secondary N) is 2. The zero-order valence-electron chi connectivity index (χ0n) is 14.6. The Kier molecular flexibility index (Phi) is 5.47. The lowest BCUT2D eigenvalue weighted by Crippen LogP contribution is -2.37. The van der Waals surface area contributed by atoms with Gasteiger partial charge in [-0.2, -0.15) is 0 Å². The molecule has 2 heterocycles. The minimum absolute atomic E-state index is 0.229. The van der Waals surface area contributed by atoms with Gasteiger partial charge >= 0.3 is 6.03 Å². The van der Waals surface area contributed by atoms with Gasteiger partial charge in [0.25, 0.3) is 0 Å². The fourth-order valence-electron chi connectivity index (χ4n) is 2.94. The summed E-state index contributed by atoms with van der Waals surface area (Å²) in [5.41, 5.74) is 0.917. The molecule has 0 bridgehead atoms. The molecule has 1 atom stereocenters. The zero-order valence-corrected chi connectivity index (χ0v) is 14.6. The van der Waals surface area contributed by atoms with E-state index in [0.717, 1.165) is 18.4 Å². The van der Waals surface area contributed by atoms with E-state index in [4.69, 9.17) is 4.74 Å². The summed E-state index contributed by atoms with van der Waals surface area (Å²) < 4.78 is 7.61. The Morgan fingerprint density at radius 2 is 2.20 bits per heavy atom. The highest BCUT2D eigenvalue weighted by atomic mass is 16.5. The molecule has 2 N–H and O–H groups in total. The summed E-state index contributed by atoms with van der Waals surface area (Å²) in [5.74, 6) is 1.35. The number of carbonyl (C=O) groups is 1. The number of hydrogen-bond acceptors (Lipinski definition) is 5. The number of rotatable bonds is 6. The zero-order chi connectivity index (χ0) is 17.6. The van der Waals surface area contributed by atoms with Gasteiger partial charge < -0.3 is 19.9 Å². The lowest BCUT2D eigenvalue weighted by Gasteiger charge is -2.14. The summed E-state index contributed by atoms with van der Waals surface area (Å²) in [4.78, 5) is 16.3. The Bertz CT molecular complexity index is 693. The molecular formula is C17H24N6O2. The third kappa shape index (κ3) is 4.68. The van der Waals surface area contributed by atoms with Crippen molar-refractivity contribution in [1.82, 2.24) is 30.4 Å². The van der Waals surface area contributed by atoms with E-state index in [0.29, 0.717) is 24.4 Å². The van der Waals surface area contributed by atoms with Crippen LogP contribution in [0.25, 0.3) is 0 Å². The highest BCUT2D eigenvalue weighted by molar-refractivity contribution is 5.74. The molecule has 0 radical (unpaired) electrons. The van der Waals surface area contributed by atoms with Gasteiger partial charge in [0.1, 0.15) is 12.4 Å². The number of aryl methyl sites for hydroxylation is 1. The van der Waals surface area contributed by atoms with Gasteiger partial charge in [-0.05, 0) is 38.2 Å². The molecule has 3 rings (SSSR count). The molecule has 1 fully saturated rings. The monoisotopic (exact) mass is 344 g/mol. The van der Waals surface area contributed by atoms with Gasteiger partial charge in [0.15, 0.2) is 5.82 Å². The predicted molar refractivity (Wildman–Crippen MR) is 91.9 cm³/mol. The van der Waals surface area contributed by atoms with Crippen molar-refractivity contribution >= 4 is 6.03 Å². The number of aromatic nitrogens is 4. The first-order valence-corrected chi connectivity index (χ1v) is 8.61. The molecule has 0 aromatic carbocycles. The highest BCUT2D eigenvalue weighted by Gasteiger charge is 2.17. The van der Waals surface area contributed by atoms with E-state index in [2.05, 4.69) is 25.8 Å². The van der Waals surface area contributed by atoms with Crippen LogP contribution in [0.5, 0.6) is 5.88 Å². The number of amides is 2. The second-order valence-electron chi connectivity index (χ2n) is 6.38. The standard InChI is InChI=1S/C17H24N6O2/c1-12(16-22-20-11-23(16)2)21-17(24)19-10-13-7-8-15(18-9-13)25-14-5-3-4-6-14/h7-9,11-12,14H,3-6,10H2,1-2H3,(H2,19,21,24). The molecule has 1 aliphatic rings. The number of hydrogen-bond donors (Lipinski definition) is 2. The van der Waals surface area contributed by atoms with Crippen molar-refractivity contribution in [3.05, 3.63) is 36.0 Å². The Morgan fingerprint density at radius 1 is 1.40 bits per heavy atom. The molecule has 0 aliphatic heterocycles. The van der Waals surface area contributed by atoms with Crippen molar-refractivity contribution in [2.45, 2.75) is 51.3 Å². The molecule has 1 unspecified atom stereocenters. The van der Waals surface area contributed by atoms with Crippen molar-refractivity contribution in [2.75, 3.05) is 0 Å². The molecule has 2 aromatic heterocycles. The summed E-state index contributed by atoms with van der Waals surface area (Å²) in [6, 6.07) is 3.29. The topological polar surface area (TPSA) is 94.0 Å². The van der Waals surface area contributed by atoms with Gasteiger partial charge in [-0.3, -0.25) is 0 Å². The van der Waals surface area contributed by atoms with Crippen LogP contribution in [0.3, 0.4) is 0 Å². The van der Waals surface area contributed by atoms with Crippen LogP contribution in [0.4, 0.5) is 4.79 Å². The largest absolute Gasteiger partial charge is 0.474 e. The molecule has 8 nitrogen and oxygen atoms in total. The maximum absolute atomic E-state index is 12.0. The molecule has 134 valence electrons.